The van der Waals surface area contributed by atoms with Crippen molar-refractivity contribution < 1.29 is 14.3 Å². The van der Waals surface area contributed by atoms with Crippen molar-refractivity contribution in [1.82, 2.24) is 0 Å². The average Bonchev–Trinajstić information content (AvgIpc) is 2.63. The lowest BCUT2D eigenvalue weighted by molar-refractivity contribution is -0.118. The van der Waals surface area contributed by atoms with E-state index < -0.39 is 6.04 Å². The molecule has 0 aliphatic carbocycles. The van der Waals surface area contributed by atoms with Gasteiger partial charge < -0.3 is 21.5 Å². The fourth-order valence-electron chi connectivity index (χ4n) is 3.01. The number of nitrogen functional groups attached to an aromatic ring is 1. The van der Waals surface area contributed by atoms with Crippen molar-refractivity contribution in [2.75, 3.05) is 11.1 Å². The Balaban J connectivity index is 2.05. The number of hydrogen-bond donors (Lipinski definition) is 3. The van der Waals surface area contributed by atoms with Crippen LogP contribution in [0, 0.1) is 0 Å². The molecule has 0 saturated carbocycles. The summed E-state index contributed by atoms with van der Waals surface area (Å²) in [5, 5.41) is 3.33. The minimum absolute atomic E-state index is 0.145. The Hall–Kier alpha value is -2.86. The van der Waals surface area contributed by atoms with Crippen LogP contribution in [0.25, 0.3) is 0 Å². The number of ketones is 2. The summed E-state index contributed by atoms with van der Waals surface area (Å²) in [5.41, 5.74) is 15.0. The molecule has 1 atom stereocenters. The van der Waals surface area contributed by atoms with Gasteiger partial charge in [0.15, 0.2) is 17.3 Å². The minimum Gasteiger partial charge on any atom is -0.453 e. The van der Waals surface area contributed by atoms with Crippen LogP contribution in [0.1, 0.15) is 42.6 Å². The molecule has 1 heterocycles. The maximum absolute atomic E-state index is 12.6. The van der Waals surface area contributed by atoms with Gasteiger partial charge in [-0.15, -0.1) is 0 Å². The summed E-state index contributed by atoms with van der Waals surface area (Å²) in [4.78, 5) is 24.4. The fraction of sp³-hybridized carbons (Fsp3) is 0.300. The summed E-state index contributed by atoms with van der Waals surface area (Å²) >= 11 is 0. The quantitative estimate of drug-likeness (QED) is 0.462. The second-order valence-electron chi connectivity index (χ2n) is 6.49. The lowest BCUT2D eigenvalue weighted by Gasteiger charge is -2.26. The van der Waals surface area contributed by atoms with Gasteiger partial charge in [0, 0.05) is 30.2 Å². The predicted molar refractivity (Wildman–Crippen MR) is 102 cm³/mol. The number of ether oxygens (including phenoxy) is 1. The molecule has 0 saturated heterocycles. The lowest BCUT2D eigenvalue weighted by atomic mass is 9.93. The van der Waals surface area contributed by atoms with Gasteiger partial charge >= 0.3 is 0 Å². The maximum Gasteiger partial charge on any atom is 0.179 e. The van der Waals surface area contributed by atoms with E-state index in [0.717, 1.165) is 11.3 Å². The van der Waals surface area contributed by atoms with Crippen LogP contribution in [0.2, 0.25) is 0 Å². The molecule has 1 aliphatic heterocycles. The van der Waals surface area contributed by atoms with E-state index >= 15 is 0 Å². The zero-order valence-electron chi connectivity index (χ0n) is 15.0. The predicted octanol–water partition coefficient (Wildman–Crippen LogP) is 3.56. The summed E-state index contributed by atoms with van der Waals surface area (Å²) < 4.78 is 5.96. The van der Waals surface area contributed by atoms with Crippen molar-refractivity contribution in [2.45, 2.75) is 39.2 Å². The first-order valence-corrected chi connectivity index (χ1v) is 8.72. The molecule has 0 bridgehead atoms. The van der Waals surface area contributed by atoms with E-state index in [0.29, 0.717) is 47.7 Å². The van der Waals surface area contributed by atoms with Crippen LogP contribution >= 0.6 is 0 Å². The van der Waals surface area contributed by atoms with Crippen molar-refractivity contribution in [3.05, 3.63) is 41.5 Å². The first kappa shape index (κ1) is 17.9. The summed E-state index contributed by atoms with van der Waals surface area (Å²) in [6.45, 7) is 3.49. The van der Waals surface area contributed by atoms with E-state index in [1.54, 1.807) is 31.2 Å². The van der Waals surface area contributed by atoms with E-state index in [1.165, 1.54) is 0 Å². The number of Topliss-reactive ketones (excluding diaryl/α,β-unsaturated/α-hetero) is 2. The Bertz CT molecular complexity index is 875. The standard InChI is InChI=1S/C20H23N3O3/c1-3-13(24)5-6-14-15(20(25)11(2)21)7-9-17-19(14)23-16-8-4-12(22)10-18(16)26-17/h4,7-11,23H,3,5-6,21-22H2,1-2H3/t11-/m0/s1. The number of anilines is 3. The lowest BCUT2D eigenvalue weighted by Crippen LogP contribution is -2.28. The van der Waals surface area contributed by atoms with Gasteiger partial charge in [0.25, 0.3) is 0 Å². The Labute approximate surface area is 152 Å². The Morgan fingerprint density at radius 3 is 2.65 bits per heavy atom. The summed E-state index contributed by atoms with van der Waals surface area (Å²) in [7, 11) is 0. The monoisotopic (exact) mass is 353 g/mol. The number of carbonyl (C=O) groups is 2. The van der Waals surface area contributed by atoms with Crippen molar-refractivity contribution in [1.29, 1.82) is 0 Å². The normalized spacial score (nSPS) is 13.0. The van der Waals surface area contributed by atoms with Crippen LogP contribution in [0.3, 0.4) is 0 Å². The van der Waals surface area contributed by atoms with Crippen molar-refractivity contribution in [2.24, 2.45) is 5.73 Å². The van der Waals surface area contributed by atoms with Gasteiger partial charge in [0.1, 0.15) is 5.78 Å². The van der Waals surface area contributed by atoms with Gasteiger partial charge in [-0.05, 0) is 43.2 Å². The van der Waals surface area contributed by atoms with E-state index in [2.05, 4.69) is 5.32 Å². The Morgan fingerprint density at radius 1 is 1.19 bits per heavy atom. The highest BCUT2D eigenvalue weighted by Crippen LogP contribution is 2.45. The minimum atomic E-state index is -0.620. The van der Waals surface area contributed by atoms with E-state index in [9.17, 15) is 9.59 Å². The molecular formula is C20H23N3O3. The smallest absolute Gasteiger partial charge is 0.179 e. The molecule has 3 rings (SSSR count). The van der Waals surface area contributed by atoms with Crippen LogP contribution in [0.15, 0.2) is 30.3 Å². The van der Waals surface area contributed by atoms with Gasteiger partial charge in [0.05, 0.1) is 17.4 Å². The number of hydrogen-bond acceptors (Lipinski definition) is 6. The number of nitrogens with one attached hydrogen (secondary N) is 1. The highest BCUT2D eigenvalue weighted by molar-refractivity contribution is 6.03. The molecule has 2 aromatic carbocycles. The number of fused-ring (bicyclic) bond motifs is 2. The number of nitrogens with two attached hydrogens (primary N) is 2. The molecule has 2 aromatic rings. The molecule has 6 nitrogen and oxygen atoms in total. The van der Waals surface area contributed by atoms with Crippen LogP contribution in [0.4, 0.5) is 17.1 Å². The molecule has 0 spiro atoms. The van der Waals surface area contributed by atoms with Gasteiger partial charge in [0.2, 0.25) is 0 Å². The zero-order valence-corrected chi connectivity index (χ0v) is 15.0. The summed E-state index contributed by atoms with van der Waals surface area (Å²) in [6, 6.07) is 8.19. The third kappa shape index (κ3) is 3.41. The zero-order chi connectivity index (χ0) is 18.8. The SMILES string of the molecule is CCC(=O)CCc1c(C(=O)[C@H](C)N)ccc2c1Nc1ccc(N)cc1O2. The Kier molecular flexibility index (Phi) is 4.95. The number of rotatable bonds is 6. The summed E-state index contributed by atoms with van der Waals surface area (Å²) in [6.07, 6.45) is 1.28. The first-order valence-electron chi connectivity index (χ1n) is 8.72. The maximum atomic E-state index is 12.6. The van der Waals surface area contributed by atoms with Crippen LogP contribution < -0.4 is 21.5 Å². The number of benzene rings is 2. The molecule has 1 aliphatic rings. The third-order valence-corrected chi connectivity index (χ3v) is 4.49. The molecule has 136 valence electrons. The molecule has 0 radical (unpaired) electrons. The molecular weight excluding hydrogens is 330 g/mol. The molecule has 26 heavy (non-hydrogen) atoms. The van der Waals surface area contributed by atoms with Crippen molar-refractivity contribution >= 4 is 28.6 Å². The number of carbonyl (C=O) groups excluding carboxylic acids is 2. The van der Waals surface area contributed by atoms with E-state index in [4.69, 9.17) is 16.2 Å². The highest BCUT2D eigenvalue weighted by atomic mass is 16.5. The van der Waals surface area contributed by atoms with Crippen molar-refractivity contribution in [3.63, 3.8) is 0 Å². The first-order chi connectivity index (χ1) is 12.4. The second-order valence-corrected chi connectivity index (χ2v) is 6.49. The summed E-state index contributed by atoms with van der Waals surface area (Å²) in [5.74, 6) is 1.21. The highest BCUT2D eigenvalue weighted by Gasteiger charge is 2.25. The third-order valence-electron chi connectivity index (χ3n) is 4.49. The average molecular weight is 353 g/mol. The van der Waals surface area contributed by atoms with Crippen LogP contribution in [-0.4, -0.2) is 17.6 Å². The van der Waals surface area contributed by atoms with Crippen LogP contribution in [-0.2, 0) is 11.2 Å². The topological polar surface area (TPSA) is 107 Å². The molecule has 0 fully saturated rings. The largest absolute Gasteiger partial charge is 0.453 e. The molecule has 0 unspecified atom stereocenters. The fourth-order valence-corrected chi connectivity index (χ4v) is 3.01. The van der Waals surface area contributed by atoms with Crippen molar-refractivity contribution in [3.8, 4) is 11.5 Å². The molecule has 6 heteroatoms. The Morgan fingerprint density at radius 2 is 1.96 bits per heavy atom. The van der Waals surface area contributed by atoms with Crippen LogP contribution in [0.5, 0.6) is 11.5 Å². The van der Waals surface area contributed by atoms with E-state index in [1.807, 2.05) is 13.0 Å². The molecule has 5 N–H and O–H groups in total. The van der Waals surface area contributed by atoms with Gasteiger partial charge in [-0.1, -0.05) is 6.92 Å². The second kappa shape index (κ2) is 7.17. The molecule has 0 amide bonds. The van der Waals surface area contributed by atoms with Gasteiger partial charge in [-0.25, -0.2) is 0 Å². The van der Waals surface area contributed by atoms with Gasteiger partial charge in [-0.3, -0.25) is 9.59 Å². The molecule has 0 aromatic heterocycles. The van der Waals surface area contributed by atoms with Gasteiger partial charge in [-0.2, -0.15) is 0 Å². The van der Waals surface area contributed by atoms with E-state index in [-0.39, 0.29) is 11.6 Å².